The lowest BCUT2D eigenvalue weighted by Gasteiger charge is -2.42. The van der Waals surface area contributed by atoms with E-state index in [-0.39, 0.29) is 12.5 Å². The van der Waals surface area contributed by atoms with Crippen LogP contribution in [0.4, 0.5) is 4.79 Å². The van der Waals surface area contributed by atoms with Gasteiger partial charge in [0, 0.05) is 12.4 Å². The van der Waals surface area contributed by atoms with Crippen molar-refractivity contribution in [1.29, 1.82) is 0 Å². The second kappa shape index (κ2) is 6.57. The number of hydrogen-bond acceptors (Lipinski definition) is 6. The Hall–Kier alpha value is -1.41. The van der Waals surface area contributed by atoms with Crippen LogP contribution in [0.5, 0.6) is 0 Å². The van der Waals surface area contributed by atoms with Gasteiger partial charge in [-0.3, -0.25) is 4.57 Å². The van der Waals surface area contributed by atoms with Gasteiger partial charge in [0.2, 0.25) is 0 Å². The van der Waals surface area contributed by atoms with Crippen molar-refractivity contribution in [3.05, 3.63) is 24.5 Å². The number of hydrogen-bond donors (Lipinski definition) is 3. The van der Waals surface area contributed by atoms with Crippen LogP contribution < -0.4 is 0 Å². The molecule has 0 amide bonds. The number of carbonyl (C=O) groups is 1. The lowest BCUT2D eigenvalue weighted by Crippen LogP contribution is -2.60. The fourth-order valence-electron chi connectivity index (χ4n) is 2.35. The highest BCUT2D eigenvalue weighted by Crippen LogP contribution is 2.26. The van der Waals surface area contributed by atoms with Crippen molar-refractivity contribution in [2.24, 2.45) is 5.92 Å². The standard InChI is InChI=1S/C14H21NO6/c1-8(2)13-12(18)11(17)10(16)9(21-13)7-20-14(19)15-5-3-4-6-15/h3-6,8-13,16-18H,7H2,1-2H3. The van der Waals surface area contributed by atoms with E-state index in [1.54, 1.807) is 12.1 Å². The van der Waals surface area contributed by atoms with Gasteiger partial charge in [-0.25, -0.2) is 4.79 Å². The summed E-state index contributed by atoms with van der Waals surface area (Å²) in [5, 5.41) is 29.7. The molecule has 5 atom stereocenters. The predicted octanol–water partition coefficient (Wildman–Crippen LogP) is -0.0211. The van der Waals surface area contributed by atoms with E-state index in [1.807, 2.05) is 13.8 Å². The molecule has 7 nitrogen and oxygen atoms in total. The van der Waals surface area contributed by atoms with Gasteiger partial charge in [0.15, 0.2) is 0 Å². The van der Waals surface area contributed by atoms with Gasteiger partial charge in [-0.15, -0.1) is 0 Å². The van der Waals surface area contributed by atoms with Crippen LogP contribution in [0.1, 0.15) is 13.8 Å². The predicted molar refractivity (Wildman–Crippen MR) is 72.7 cm³/mol. The second-order valence-corrected chi connectivity index (χ2v) is 5.52. The maximum absolute atomic E-state index is 11.7. The number of aliphatic hydroxyl groups excluding tert-OH is 3. The van der Waals surface area contributed by atoms with Gasteiger partial charge < -0.3 is 24.8 Å². The maximum atomic E-state index is 11.7. The Morgan fingerprint density at radius 3 is 2.38 bits per heavy atom. The zero-order chi connectivity index (χ0) is 15.6. The van der Waals surface area contributed by atoms with Gasteiger partial charge in [0.05, 0.1) is 6.10 Å². The number of rotatable bonds is 3. The number of carbonyl (C=O) groups excluding carboxylic acids is 1. The molecule has 1 aliphatic heterocycles. The Bertz CT molecular complexity index is 460. The normalized spacial score (nSPS) is 33.1. The Morgan fingerprint density at radius 2 is 1.81 bits per heavy atom. The fourth-order valence-corrected chi connectivity index (χ4v) is 2.35. The molecule has 1 fully saturated rings. The highest BCUT2D eigenvalue weighted by Gasteiger charge is 2.45. The minimum Gasteiger partial charge on any atom is -0.446 e. The first-order chi connectivity index (χ1) is 9.91. The number of nitrogens with zero attached hydrogens (tertiary/aromatic N) is 1. The highest BCUT2D eigenvalue weighted by molar-refractivity contribution is 5.70. The first-order valence-corrected chi connectivity index (χ1v) is 6.91. The van der Waals surface area contributed by atoms with E-state index in [0.717, 1.165) is 0 Å². The smallest absolute Gasteiger partial charge is 0.418 e. The van der Waals surface area contributed by atoms with E-state index < -0.39 is 36.6 Å². The van der Waals surface area contributed by atoms with Gasteiger partial charge in [-0.05, 0) is 18.1 Å². The Kier molecular flexibility index (Phi) is 5.00. The molecule has 2 rings (SSSR count). The lowest BCUT2D eigenvalue weighted by atomic mass is 9.89. The molecule has 7 heteroatoms. The maximum Gasteiger partial charge on any atom is 0.418 e. The van der Waals surface area contributed by atoms with Crippen molar-refractivity contribution in [2.45, 2.75) is 44.4 Å². The molecule has 0 spiro atoms. The Morgan fingerprint density at radius 1 is 1.19 bits per heavy atom. The van der Waals surface area contributed by atoms with Crippen molar-refractivity contribution in [1.82, 2.24) is 4.57 Å². The first-order valence-electron chi connectivity index (χ1n) is 6.91. The molecule has 21 heavy (non-hydrogen) atoms. The van der Waals surface area contributed by atoms with E-state index in [1.165, 1.54) is 17.0 Å². The van der Waals surface area contributed by atoms with Crippen LogP contribution in [0.3, 0.4) is 0 Å². The van der Waals surface area contributed by atoms with Gasteiger partial charge in [0.1, 0.15) is 31.0 Å². The Balaban J connectivity index is 1.97. The third kappa shape index (κ3) is 3.44. The summed E-state index contributed by atoms with van der Waals surface area (Å²) in [6.07, 6.45) is -2.84. The van der Waals surface area contributed by atoms with Crippen molar-refractivity contribution in [2.75, 3.05) is 6.61 Å². The Labute approximate surface area is 122 Å². The average Bonchev–Trinajstić information content (AvgIpc) is 2.97. The zero-order valence-electron chi connectivity index (χ0n) is 12.0. The van der Waals surface area contributed by atoms with Crippen molar-refractivity contribution < 1.29 is 29.6 Å². The molecule has 3 N–H and O–H groups in total. The molecule has 2 heterocycles. The molecule has 5 unspecified atom stereocenters. The van der Waals surface area contributed by atoms with E-state index in [9.17, 15) is 20.1 Å². The first kappa shape index (κ1) is 16.0. The van der Waals surface area contributed by atoms with Crippen LogP contribution in [-0.2, 0) is 9.47 Å². The van der Waals surface area contributed by atoms with E-state index in [4.69, 9.17) is 9.47 Å². The fraction of sp³-hybridized carbons (Fsp3) is 0.643. The minimum atomic E-state index is -1.33. The molecule has 0 aromatic carbocycles. The largest absolute Gasteiger partial charge is 0.446 e. The van der Waals surface area contributed by atoms with Gasteiger partial charge in [-0.2, -0.15) is 0 Å². The van der Waals surface area contributed by atoms with Crippen LogP contribution in [0.25, 0.3) is 0 Å². The zero-order valence-corrected chi connectivity index (χ0v) is 12.0. The average molecular weight is 299 g/mol. The van der Waals surface area contributed by atoms with E-state index >= 15 is 0 Å². The summed E-state index contributed by atoms with van der Waals surface area (Å²) in [5.74, 6) is -0.0511. The molecule has 0 aliphatic carbocycles. The van der Waals surface area contributed by atoms with Gasteiger partial charge >= 0.3 is 6.09 Å². The van der Waals surface area contributed by atoms with Crippen molar-refractivity contribution in [3.8, 4) is 0 Å². The van der Waals surface area contributed by atoms with Crippen molar-refractivity contribution >= 4 is 6.09 Å². The summed E-state index contributed by atoms with van der Waals surface area (Å²) in [6, 6.07) is 3.37. The van der Waals surface area contributed by atoms with Crippen LogP contribution in [0.15, 0.2) is 24.5 Å². The molecule has 0 saturated carbocycles. The molecule has 118 valence electrons. The minimum absolute atomic E-state index is 0.0511. The molecule has 1 aliphatic rings. The molecule has 1 aromatic rings. The van der Waals surface area contributed by atoms with Crippen LogP contribution in [0.2, 0.25) is 0 Å². The quantitative estimate of drug-likeness (QED) is 0.725. The molecular formula is C14H21NO6. The van der Waals surface area contributed by atoms with Crippen molar-refractivity contribution in [3.63, 3.8) is 0 Å². The molecular weight excluding hydrogens is 278 g/mol. The number of aromatic nitrogens is 1. The molecule has 1 saturated heterocycles. The summed E-state index contributed by atoms with van der Waals surface area (Å²) in [5.41, 5.74) is 0. The topological polar surface area (TPSA) is 101 Å². The summed E-state index contributed by atoms with van der Waals surface area (Å²) >= 11 is 0. The summed E-state index contributed by atoms with van der Waals surface area (Å²) in [4.78, 5) is 11.7. The van der Waals surface area contributed by atoms with E-state index in [0.29, 0.717) is 0 Å². The third-order valence-electron chi connectivity index (χ3n) is 3.59. The summed E-state index contributed by atoms with van der Waals surface area (Å²) < 4.78 is 11.9. The summed E-state index contributed by atoms with van der Waals surface area (Å²) in [7, 11) is 0. The van der Waals surface area contributed by atoms with Crippen LogP contribution in [0, 0.1) is 5.92 Å². The summed E-state index contributed by atoms with van der Waals surface area (Å²) in [6.45, 7) is 3.47. The van der Waals surface area contributed by atoms with E-state index in [2.05, 4.69) is 0 Å². The van der Waals surface area contributed by atoms with Gasteiger partial charge in [0.25, 0.3) is 0 Å². The second-order valence-electron chi connectivity index (χ2n) is 5.52. The molecule has 1 aromatic heterocycles. The van der Waals surface area contributed by atoms with Crippen LogP contribution in [-0.4, -0.2) is 63.1 Å². The van der Waals surface area contributed by atoms with Crippen LogP contribution >= 0.6 is 0 Å². The lowest BCUT2D eigenvalue weighted by molar-refractivity contribution is -0.238. The monoisotopic (exact) mass is 299 g/mol. The number of aliphatic hydroxyl groups is 3. The third-order valence-corrected chi connectivity index (χ3v) is 3.59. The molecule has 0 bridgehead atoms. The number of ether oxygens (including phenoxy) is 2. The highest BCUT2D eigenvalue weighted by atomic mass is 16.6. The molecule has 0 radical (unpaired) electrons. The van der Waals surface area contributed by atoms with Gasteiger partial charge in [-0.1, -0.05) is 13.8 Å². The SMILES string of the molecule is CC(C)C1OC(COC(=O)n2cccc2)C(O)C(O)C1O.